The number of carbonyl (C=O) groups excluding carboxylic acids is 2. The van der Waals surface area contributed by atoms with Gasteiger partial charge in [0, 0.05) is 17.2 Å². The third-order valence-corrected chi connectivity index (χ3v) is 4.45. The van der Waals surface area contributed by atoms with E-state index in [0.717, 1.165) is 25.7 Å². The van der Waals surface area contributed by atoms with Crippen LogP contribution in [-0.4, -0.2) is 27.9 Å². The number of alkyl halides is 3. The van der Waals surface area contributed by atoms with Crippen molar-refractivity contribution in [3.8, 4) is 17.5 Å². The van der Waals surface area contributed by atoms with Crippen molar-refractivity contribution in [1.29, 1.82) is 5.26 Å². The molecular weight excluding hydrogens is 377 g/mol. The fraction of sp³-hybridized carbons (Fsp3) is 0.389. The van der Waals surface area contributed by atoms with Crippen molar-refractivity contribution in [2.45, 2.75) is 37.9 Å². The average molecular weight is 392 g/mol. The van der Waals surface area contributed by atoms with E-state index in [1.54, 1.807) is 6.07 Å². The maximum absolute atomic E-state index is 12.5. The Morgan fingerprint density at radius 1 is 1.21 bits per heavy atom. The van der Waals surface area contributed by atoms with Crippen molar-refractivity contribution in [3.05, 3.63) is 35.7 Å². The molecule has 10 heteroatoms. The Morgan fingerprint density at radius 2 is 1.86 bits per heavy atom. The summed E-state index contributed by atoms with van der Waals surface area (Å²) in [5.41, 5.74) is 0.274. The Morgan fingerprint density at radius 3 is 2.39 bits per heavy atom. The topological polar surface area (TPSA) is 109 Å². The number of hydrogen-bond acceptors (Lipinski definition) is 6. The summed E-state index contributed by atoms with van der Waals surface area (Å²) in [6.45, 7) is 0. The van der Waals surface area contributed by atoms with Crippen LogP contribution in [0.25, 0.3) is 11.4 Å². The van der Waals surface area contributed by atoms with Gasteiger partial charge in [0.2, 0.25) is 11.7 Å². The molecule has 1 saturated carbocycles. The third kappa shape index (κ3) is 4.19. The Labute approximate surface area is 157 Å². The number of halogens is 3. The second-order valence-electron chi connectivity index (χ2n) is 6.41. The molecule has 1 N–H and O–H groups in total. The maximum Gasteiger partial charge on any atom is 0.471 e. The number of ketones is 1. The Balaban J connectivity index is 1.72. The number of carbonyl (C=O) groups is 2. The predicted molar refractivity (Wildman–Crippen MR) is 88.6 cm³/mol. The van der Waals surface area contributed by atoms with Gasteiger partial charge in [0.05, 0.1) is 6.07 Å². The molecule has 3 rings (SSSR count). The lowest BCUT2D eigenvalue weighted by molar-refractivity contribution is -0.159. The largest absolute Gasteiger partial charge is 0.471 e. The number of amides is 1. The standard InChI is InChI=1S/C18H15F3N4O3/c19-18(20,21)17-24-15(25-28-17)11-7-5-10(6-8-11)14(26)13(9-22)16(27)23-12-3-1-2-4-12/h5-8,12-13H,1-4H2,(H,23,27)/t13-/m0/s1. The fourth-order valence-corrected chi connectivity index (χ4v) is 3.00. The molecule has 146 valence electrons. The Bertz CT molecular complexity index is 909. The van der Waals surface area contributed by atoms with Gasteiger partial charge in [-0.05, 0) is 12.8 Å². The molecular formula is C18H15F3N4O3. The molecule has 1 fully saturated rings. The molecule has 1 atom stereocenters. The summed E-state index contributed by atoms with van der Waals surface area (Å²) >= 11 is 0. The zero-order valence-corrected chi connectivity index (χ0v) is 14.5. The first kappa shape index (κ1) is 19.5. The van der Waals surface area contributed by atoms with Crippen LogP contribution in [0.2, 0.25) is 0 Å². The van der Waals surface area contributed by atoms with Crippen LogP contribution in [-0.2, 0) is 11.0 Å². The predicted octanol–water partition coefficient (Wildman–Crippen LogP) is 3.14. The van der Waals surface area contributed by atoms with Crippen molar-refractivity contribution >= 4 is 11.7 Å². The molecule has 0 bridgehead atoms. The highest BCUT2D eigenvalue weighted by atomic mass is 19.4. The van der Waals surface area contributed by atoms with E-state index < -0.39 is 29.7 Å². The summed E-state index contributed by atoms with van der Waals surface area (Å²) < 4.78 is 41.7. The van der Waals surface area contributed by atoms with E-state index in [1.165, 1.54) is 24.3 Å². The molecule has 0 aliphatic heterocycles. The minimum atomic E-state index is -4.76. The monoisotopic (exact) mass is 392 g/mol. The SMILES string of the molecule is N#C[C@H](C(=O)NC1CCCC1)C(=O)c1ccc(-c2noc(C(F)(F)F)n2)cc1. The van der Waals surface area contributed by atoms with E-state index in [0.29, 0.717) is 0 Å². The highest BCUT2D eigenvalue weighted by molar-refractivity contribution is 6.12. The fourth-order valence-electron chi connectivity index (χ4n) is 3.00. The van der Waals surface area contributed by atoms with Crippen LogP contribution in [0.4, 0.5) is 13.2 Å². The van der Waals surface area contributed by atoms with Crippen molar-refractivity contribution in [3.63, 3.8) is 0 Å². The average Bonchev–Trinajstić information content (AvgIpc) is 3.34. The van der Waals surface area contributed by atoms with E-state index in [2.05, 4.69) is 20.0 Å². The number of Topliss-reactive ketones (excluding diaryl/α,β-unsaturated/α-hetero) is 1. The van der Waals surface area contributed by atoms with Crippen molar-refractivity contribution in [2.75, 3.05) is 0 Å². The molecule has 0 unspecified atom stereocenters. The second kappa shape index (κ2) is 7.80. The van der Waals surface area contributed by atoms with Crippen molar-refractivity contribution in [2.24, 2.45) is 5.92 Å². The molecule has 1 aromatic heterocycles. The normalized spacial score (nSPS) is 15.8. The van der Waals surface area contributed by atoms with E-state index >= 15 is 0 Å². The van der Waals surface area contributed by atoms with Gasteiger partial charge in [-0.2, -0.15) is 23.4 Å². The first-order valence-corrected chi connectivity index (χ1v) is 8.55. The Kier molecular flexibility index (Phi) is 5.44. The van der Waals surface area contributed by atoms with Gasteiger partial charge in [0.1, 0.15) is 0 Å². The summed E-state index contributed by atoms with van der Waals surface area (Å²) in [6.07, 6.45) is -1.14. The van der Waals surface area contributed by atoms with Gasteiger partial charge in [-0.3, -0.25) is 9.59 Å². The number of nitrogens with zero attached hydrogens (tertiary/aromatic N) is 3. The highest BCUT2D eigenvalue weighted by Crippen LogP contribution is 2.29. The molecule has 7 nitrogen and oxygen atoms in total. The number of hydrogen-bond donors (Lipinski definition) is 1. The van der Waals surface area contributed by atoms with Gasteiger partial charge in [0.25, 0.3) is 0 Å². The minimum absolute atomic E-state index is 0.0282. The lowest BCUT2D eigenvalue weighted by Crippen LogP contribution is -2.39. The molecule has 1 aliphatic rings. The van der Waals surface area contributed by atoms with Crippen molar-refractivity contribution < 1.29 is 27.3 Å². The molecule has 0 saturated heterocycles. The lowest BCUT2D eigenvalue weighted by atomic mass is 9.96. The summed E-state index contributed by atoms with van der Waals surface area (Å²) in [7, 11) is 0. The summed E-state index contributed by atoms with van der Waals surface area (Å²) in [5, 5.41) is 15.2. The van der Waals surface area contributed by atoms with Crippen LogP contribution in [0.5, 0.6) is 0 Å². The van der Waals surface area contributed by atoms with Gasteiger partial charge in [-0.25, -0.2) is 0 Å². The number of nitriles is 1. The molecule has 2 aromatic rings. The first-order chi connectivity index (χ1) is 13.3. The summed E-state index contributed by atoms with van der Waals surface area (Å²) in [4.78, 5) is 28.0. The molecule has 0 spiro atoms. The third-order valence-electron chi connectivity index (χ3n) is 4.45. The summed E-state index contributed by atoms with van der Waals surface area (Å²) in [5.74, 6) is -4.59. The van der Waals surface area contributed by atoms with Gasteiger partial charge < -0.3 is 9.84 Å². The van der Waals surface area contributed by atoms with E-state index in [-0.39, 0.29) is 23.0 Å². The molecule has 1 aromatic carbocycles. The van der Waals surface area contributed by atoms with E-state index in [1.807, 2.05) is 0 Å². The number of aromatic nitrogens is 2. The second-order valence-corrected chi connectivity index (χ2v) is 6.41. The van der Waals surface area contributed by atoms with Gasteiger partial charge in [-0.1, -0.05) is 42.3 Å². The van der Waals surface area contributed by atoms with Crippen LogP contribution in [0.15, 0.2) is 28.8 Å². The lowest BCUT2D eigenvalue weighted by Gasteiger charge is -2.14. The Hall–Kier alpha value is -3.22. The smallest absolute Gasteiger partial charge is 0.352 e. The molecule has 1 amide bonds. The van der Waals surface area contributed by atoms with Gasteiger partial charge in [-0.15, -0.1) is 0 Å². The minimum Gasteiger partial charge on any atom is -0.352 e. The zero-order valence-electron chi connectivity index (χ0n) is 14.5. The molecule has 1 heterocycles. The van der Waals surface area contributed by atoms with Crippen LogP contribution < -0.4 is 5.32 Å². The zero-order chi connectivity index (χ0) is 20.3. The molecule has 1 aliphatic carbocycles. The maximum atomic E-state index is 12.5. The van der Waals surface area contributed by atoms with Crippen molar-refractivity contribution in [1.82, 2.24) is 15.5 Å². The molecule has 0 radical (unpaired) electrons. The van der Waals surface area contributed by atoms with Crippen LogP contribution in [0, 0.1) is 17.2 Å². The highest BCUT2D eigenvalue weighted by Gasteiger charge is 2.38. The number of rotatable bonds is 5. The quantitative estimate of drug-likeness (QED) is 0.619. The summed E-state index contributed by atoms with van der Waals surface area (Å²) in [6, 6.07) is 6.93. The first-order valence-electron chi connectivity index (χ1n) is 8.55. The van der Waals surface area contributed by atoms with E-state index in [9.17, 15) is 28.0 Å². The number of benzene rings is 1. The van der Waals surface area contributed by atoms with E-state index in [4.69, 9.17) is 0 Å². The van der Waals surface area contributed by atoms with Gasteiger partial charge >= 0.3 is 12.1 Å². The van der Waals surface area contributed by atoms with Crippen LogP contribution >= 0.6 is 0 Å². The number of nitrogens with one attached hydrogen (secondary N) is 1. The van der Waals surface area contributed by atoms with Crippen LogP contribution in [0.3, 0.4) is 0 Å². The molecule has 28 heavy (non-hydrogen) atoms. The van der Waals surface area contributed by atoms with Gasteiger partial charge in [0.15, 0.2) is 11.7 Å². The van der Waals surface area contributed by atoms with Crippen LogP contribution in [0.1, 0.15) is 41.9 Å².